The number of aryl methyl sites for hydroxylation is 1. The molecule has 0 unspecified atom stereocenters. The Bertz CT molecular complexity index is 1160. The SMILES string of the molecule is C=CC(=O)N1CCCN(n2c(NC(=O)c3cncc(C)c3)nc3cccc(Br)c32)CC1. The summed E-state index contributed by atoms with van der Waals surface area (Å²) in [6, 6.07) is 7.55. The zero-order chi connectivity index (χ0) is 22.0. The maximum absolute atomic E-state index is 12.9. The number of nitrogens with one attached hydrogen (secondary N) is 1. The minimum absolute atomic E-state index is 0.0704. The lowest BCUT2D eigenvalue weighted by Gasteiger charge is -2.27. The van der Waals surface area contributed by atoms with Gasteiger partial charge in [0.15, 0.2) is 0 Å². The molecule has 1 fully saturated rings. The molecule has 2 amide bonds. The van der Waals surface area contributed by atoms with Crippen LogP contribution in [0.4, 0.5) is 5.95 Å². The molecule has 1 aromatic carbocycles. The number of anilines is 1. The van der Waals surface area contributed by atoms with Crippen molar-refractivity contribution in [1.29, 1.82) is 0 Å². The van der Waals surface area contributed by atoms with Crippen LogP contribution in [-0.4, -0.2) is 57.5 Å². The van der Waals surface area contributed by atoms with Gasteiger partial charge in [-0.05, 0) is 59.1 Å². The second kappa shape index (κ2) is 8.89. The molecule has 0 spiro atoms. The van der Waals surface area contributed by atoms with Crippen molar-refractivity contribution < 1.29 is 9.59 Å². The molecule has 0 aliphatic carbocycles. The summed E-state index contributed by atoms with van der Waals surface area (Å²) >= 11 is 3.63. The Morgan fingerprint density at radius 2 is 2.03 bits per heavy atom. The Balaban J connectivity index is 1.71. The van der Waals surface area contributed by atoms with Crippen LogP contribution in [0, 0.1) is 6.92 Å². The quantitative estimate of drug-likeness (QED) is 0.577. The van der Waals surface area contributed by atoms with Gasteiger partial charge in [-0.25, -0.2) is 9.66 Å². The van der Waals surface area contributed by atoms with Crippen molar-refractivity contribution in [3.05, 3.63) is 64.9 Å². The van der Waals surface area contributed by atoms with Crippen molar-refractivity contribution >= 4 is 44.7 Å². The number of hydrogen-bond acceptors (Lipinski definition) is 5. The van der Waals surface area contributed by atoms with Gasteiger partial charge in [0.2, 0.25) is 11.9 Å². The summed E-state index contributed by atoms with van der Waals surface area (Å²) in [5, 5.41) is 5.06. The molecule has 1 saturated heterocycles. The van der Waals surface area contributed by atoms with Gasteiger partial charge in [0.05, 0.1) is 17.6 Å². The van der Waals surface area contributed by atoms with E-state index >= 15 is 0 Å². The van der Waals surface area contributed by atoms with Crippen molar-refractivity contribution in [2.75, 3.05) is 36.5 Å². The van der Waals surface area contributed by atoms with Crippen molar-refractivity contribution in [1.82, 2.24) is 19.5 Å². The van der Waals surface area contributed by atoms with E-state index < -0.39 is 0 Å². The molecule has 0 bridgehead atoms. The number of halogens is 1. The van der Waals surface area contributed by atoms with Gasteiger partial charge in [0.1, 0.15) is 5.52 Å². The van der Waals surface area contributed by atoms with Gasteiger partial charge in [-0.3, -0.25) is 19.9 Å². The van der Waals surface area contributed by atoms with Gasteiger partial charge in [-0.15, -0.1) is 0 Å². The van der Waals surface area contributed by atoms with E-state index in [1.54, 1.807) is 17.2 Å². The van der Waals surface area contributed by atoms with E-state index in [-0.39, 0.29) is 11.8 Å². The van der Waals surface area contributed by atoms with Crippen LogP contribution in [0.2, 0.25) is 0 Å². The van der Waals surface area contributed by atoms with E-state index in [1.165, 1.54) is 12.3 Å². The van der Waals surface area contributed by atoms with Crippen LogP contribution in [0.5, 0.6) is 0 Å². The number of rotatable bonds is 4. The summed E-state index contributed by atoms with van der Waals surface area (Å²) in [5.74, 6) is 0.0815. The van der Waals surface area contributed by atoms with Gasteiger partial charge >= 0.3 is 0 Å². The minimum atomic E-state index is -0.276. The van der Waals surface area contributed by atoms with E-state index in [0.717, 1.165) is 27.5 Å². The highest BCUT2D eigenvalue weighted by atomic mass is 79.9. The predicted octanol–water partition coefficient (Wildman–Crippen LogP) is 3.11. The Labute approximate surface area is 188 Å². The fourth-order valence-corrected chi connectivity index (χ4v) is 4.26. The zero-order valence-corrected chi connectivity index (χ0v) is 18.8. The van der Waals surface area contributed by atoms with Crippen LogP contribution in [0.1, 0.15) is 22.3 Å². The fourth-order valence-electron chi connectivity index (χ4n) is 3.73. The summed E-state index contributed by atoms with van der Waals surface area (Å²) in [6.45, 7) is 8.01. The number of hydrogen-bond donors (Lipinski definition) is 1. The molecule has 0 radical (unpaired) electrons. The second-order valence-corrected chi connectivity index (χ2v) is 8.25. The predicted molar refractivity (Wildman–Crippen MR) is 124 cm³/mol. The molecule has 1 aliphatic heterocycles. The van der Waals surface area contributed by atoms with Crippen molar-refractivity contribution in [2.45, 2.75) is 13.3 Å². The summed E-state index contributed by atoms with van der Waals surface area (Å²) < 4.78 is 2.81. The topological polar surface area (TPSA) is 83.4 Å². The zero-order valence-electron chi connectivity index (χ0n) is 17.2. The molecular weight excluding hydrogens is 460 g/mol. The third-order valence-corrected chi connectivity index (χ3v) is 5.85. The van der Waals surface area contributed by atoms with Crippen LogP contribution in [-0.2, 0) is 4.79 Å². The molecule has 3 aromatic rings. The Hall–Kier alpha value is -3.20. The van der Waals surface area contributed by atoms with Crippen LogP contribution < -0.4 is 10.3 Å². The van der Waals surface area contributed by atoms with Crippen LogP contribution in [0.15, 0.2) is 53.8 Å². The van der Waals surface area contributed by atoms with E-state index in [1.807, 2.05) is 29.8 Å². The first-order valence-electron chi connectivity index (χ1n) is 10.0. The van der Waals surface area contributed by atoms with Gasteiger partial charge in [-0.1, -0.05) is 12.6 Å². The van der Waals surface area contributed by atoms with Gasteiger partial charge in [0.25, 0.3) is 5.91 Å². The molecule has 2 aromatic heterocycles. The number of benzene rings is 1. The number of fused-ring (bicyclic) bond motifs is 1. The average Bonchev–Trinajstić information content (AvgIpc) is 2.95. The third-order valence-electron chi connectivity index (χ3n) is 5.21. The highest BCUT2D eigenvalue weighted by molar-refractivity contribution is 9.10. The lowest BCUT2D eigenvalue weighted by molar-refractivity contribution is -0.125. The molecule has 4 rings (SSSR count). The first kappa shape index (κ1) is 21.0. The number of carbonyl (C=O) groups is 2. The minimum Gasteiger partial charge on any atom is -0.337 e. The highest BCUT2D eigenvalue weighted by Gasteiger charge is 2.24. The normalized spacial score (nSPS) is 14.4. The standard InChI is InChI=1S/C22H23BrN6O2/c1-3-19(30)27-8-5-9-28(11-10-27)29-20-17(23)6-4-7-18(20)25-22(29)26-21(31)16-12-15(2)13-24-14-16/h3-4,6-7,12-14H,1,5,8-11H2,2H3,(H,25,26,31). The van der Waals surface area contributed by atoms with Crippen molar-refractivity contribution in [3.63, 3.8) is 0 Å². The largest absolute Gasteiger partial charge is 0.337 e. The average molecular weight is 483 g/mol. The Kier molecular flexibility index (Phi) is 6.03. The molecule has 1 aliphatic rings. The molecule has 9 heteroatoms. The number of aromatic nitrogens is 3. The van der Waals surface area contributed by atoms with E-state index in [2.05, 4.69) is 42.8 Å². The number of amides is 2. The molecule has 1 N–H and O–H groups in total. The first-order chi connectivity index (χ1) is 15.0. The molecule has 8 nitrogen and oxygen atoms in total. The summed E-state index contributed by atoms with van der Waals surface area (Å²) in [7, 11) is 0. The summed E-state index contributed by atoms with van der Waals surface area (Å²) in [6.07, 6.45) is 5.38. The molecule has 0 saturated carbocycles. The first-order valence-corrected chi connectivity index (χ1v) is 10.8. The number of para-hydroxylation sites is 1. The maximum atomic E-state index is 12.9. The number of carbonyl (C=O) groups excluding carboxylic acids is 2. The monoisotopic (exact) mass is 482 g/mol. The maximum Gasteiger partial charge on any atom is 0.259 e. The molecular formula is C22H23BrN6O2. The van der Waals surface area contributed by atoms with Crippen LogP contribution in [0.3, 0.4) is 0 Å². The van der Waals surface area contributed by atoms with E-state index in [0.29, 0.717) is 37.7 Å². The number of nitrogens with zero attached hydrogens (tertiary/aromatic N) is 5. The van der Waals surface area contributed by atoms with Crippen molar-refractivity contribution in [2.24, 2.45) is 0 Å². The Morgan fingerprint density at radius 3 is 2.81 bits per heavy atom. The lowest BCUT2D eigenvalue weighted by atomic mass is 10.2. The highest BCUT2D eigenvalue weighted by Crippen LogP contribution is 2.28. The van der Waals surface area contributed by atoms with Crippen molar-refractivity contribution in [3.8, 4) is 0 Å². The van der Waals surface area contributed by atoms with E-state index in [9.17, 15) is 9.59 Å². The molecule has 31 heavy (non-hydrogen) atoms. The second-order valence-electron chi connectivity index (χ2n) is 7.40. The smallest absolute Gasteiger partial charge is 0.259 e. The number of imidazole rings is 1. The summed E-state index contributed by atoms with van der Waals surface area (Å²) in [4.78, 5) is 35.6. The lowest BCUT2D eigenvalue weighted by Crippen LogP contribution is -2.40. The number of pyridine rings is 1. The third kappa shape index (κ3) is 4.32. The summed E-state index contributed by atoms with van der Waals surface area (Å²) in [5.41, 5.74) is 3.00. The van der Waals surface area contributed by atoms with Crippen LogP contribution in [0.25, 0.3) is 11.0 Å². The fraction of sp³-hybridized carbons (Fsp3) is 0.273. The van der Waals surface area contributed by atoms with Gasteiger partial charge < -0.3 is 9.91 Å². The van der Waals surface area contributed by atoms with Gasteiger partial charge in [0, 0.05) is 36.5 Å². The molecule has 3 heterocycles. The Morgan fingerprint density at radius 1 is 1.19 bits per heavy atom. The van der Waals surface area contributed by atoms with Gasteiger partial charge in [-0.2, -0.15) is 0 Å². The van der Waals surface area contributed by atoms with Crippen LogP contribution >= 0.6 is 15.9 Å². The molecule has 160 valence electrons. The molecule has 0 atom stereocenters. The van der Waals surface area contributed by atoms with E-state index in [4.69, 9.17) is 0 Å².